The molecule has 0 saturated carbocycles. The number of carbonyl (C=O) groups is 1. The molecule has 1 amide bonds. The van der Waals surface area contributed by atoms with Crippen molar-refractivity contribution in [1.29, 1.82) is 0 Å². The fourth-order valence-electron chi connectivity index (χ4n) is 2.83. The Balaban J connectivity index is 2.33. The number of benzene rings is 1. The van der Waals surface area contributed by atoms with Crippen molar-refractivity contribution in [2.24, 2.45) is 5.73 Å². The number of H-pyrrole nitrogens is 1. The number of nitrogens with two attached hydrogens (primary N) is 1. The van der Waals surface area contributed by atoms with E-state index >= 15 is 0 Å². The molecule has 2 aromatic rings. The molecule has 1 aliphatic heterocycles. The molecule has 0 fully saturated rings. The number of hydrogen-bond acceptors (Lipinski definition) is 3. The highest BCUT2D eigenvalue weighted by Crippen LogP contribution is 2.41. The highest BCUT2D eigenvalue weighted by atomic mass is 35.5. The summed E-state index contributed by atoms with van der Waals surface area (Å²) in [5.41, 5.74) is 9.13. The SMILES string of the molecule is CNC(=O)c1[nH]c2cc(Cl)c3c(c2c1CCN)CCO3. The van der Waals surface area contributed by atoms with Crippen molar-refractivity contribution in [2.45, 2.75) is 12.8 Å². The summed E-state index contributed by atoms with van der Waals surface area (Å²) in [6.45, 7) is 1.10. The minimum atomic E-state index is -0.145. The normalized spacial score (nSPS) is 13.3. The molecule has 5 nitrogen and oxygen atoms in total. The van der Waals surface area contributed by atoms with Crippen LogP contribution >= 0.6 is 11.6 Å². The van der Waals surface area contributed by atoms with Crippen LogP contribution in [0.1, 0.15) is 21.6 Å². The summed E-state index contributed by atoms with van der Waals surface area (Å²) >= 11 is 6.23. The number of amides is 1. The number of aromatic amines is 1. The van der Waals surface area contributed by atoms with Gasteiger partial charge in [0.15, 0.2) is 0 Å². The van der Waals surface area contributed by atoms with Gasteiger partial charge in [0.1, 0.15) is 11.4 Å². The van der Waals surface area contributed by atoms with E-state index in [9.17, 15) is 4.79 Å². The monoisotopic (exact) mass is 293 g/mol. The van der Waals surface area contributed by atoms with Crippen LogP contribution in [0.3, 0.4) is 0 Å². The minimum absolute atomic E-state index is 0.145. The molecule has 3 rings (SSSR count). The third kappa shape index (κ3) is 1.85. The van der Waals surface area contributed by atoms with E-state index < -0.39 is 0 Å². The molecule has 1 aromatic heterocycles. The van der Waals surface area contributed by atoms with Gasteiger partial charge in [-0.25, -0.2) is 0 Å². The van der Waals surface area contributed by atoms with Crippen LogP contribution in [0.5, 0.6) is 5.75 Å². The number of aromatic nitrogens is 1. The molecule has 0 aliphatic carbocycles. The zero-order valence-corrected chi connectivity index (χ0v) is 11.9. The first-order valence-electron chi connectivity index (χ1n) is 6.58. The molecule has 20 heavy (non-hydrogen) atoms. The van der Waals surface area contributed by atoms with Gasteiger partial charge in [-0.15, -0.1) is 0 Å². The van der Waals surface area contributed by atoms with Gasteiger partial charge in [0, 0.05) is 29.9 Å². The summed E-state index contributed by atoms with van der Waals surface area (Å²) in [6.07, 6.45) is 1.44. The van der Waals surface area contributed by atoms with E-state index in [0.29, 0.717) is 30.3 Å². The number of nitrogens with one attached hydrogen (secondary N) is 2. The molecule has 106 valence electrons. The van der Waals surface area contributed by atoms with E-state index in [2.05, 4.69) is 10.3 Å². The molecular weight excluding hydrogens is 278 g/mol. The molecule has 2 heterocycles. The smallest absolute Gasteiger partial charge is 0.267 e. The van der Waals surface area contributed by atoms with Crippen molar-refractivity contribution in [2.75, 3.05) is 20.2 Å². The Morgan fingerprint density at radius 2 is 2.40 bits per heavy atom. The van der Waals surface area contributed by atoms with Gasteiger partial charge in [0.25, 0.3) is 5.91 Å². The van der Waals surface area contributed by atoms with Crippen LogP contribution in [0.25, 0.3) is 10.9 Å². The summed E-state index contributed by atoms with van der Waals surface area (Å²) in [5, 5.41) is 4.26. The molecule has 0 radical (unpaired) electrons. The summed E-state index contributed by atoms with van der Waals surface area (Å²) < 4.78 is 5.59. The summed E-state index contributed by atoms with van der Waals surface area (Å²) in [6, 6.07) is 1.81. The summed E-state index contributed by atoms with van der Waals surface area (Å²) in [5.74, 6) is 0.591. The largest absolute Gasteiger partial charge is 0.491 e. The van der Waals surface area contributed by atoms with Gasteiger partial charge in [0.05, 0.1) is 11.6 Å². The Morgan fingerprint density at radius 3 is 3.10 bits per heavy atom. The fraction of sp³-hybridized carbons (Fsp3) is 0.357. The Bertz CT molecular complexity index is 694. The Labute approximate surface area is 121 Å². The maximum atomic E-state index is 12.0. The van der Waals surface area contributed by atoms with Gasteiger partial charge in [-0.3, -0.25) is 4.79 Å². The van der Waals surface area contributed by atoms with E-state index in [0.717, 1.165) is 34.2 Å². The lowest BCUT2D eigenvalue weighted by Gasteiger charge is -2.06. The average molecular weight is 294 g/mol. The second-order valence-electron chi connectivity index (χ2n) is 4.78. The van der Waals surface area contributed by atoms with E-state index in [4.69, 9.17) is 22.1 Å². The van der Waals surface area contributed by atoms with Crippen molar-refractivity contribution in [3.05, 3.63) is 27.9 Å². The second-order valence-corrected chi connectivity index (χ2v) is 5.19. The molecular formula is C14H16ClN3O2. The van der Waals surface area contributed by atoms with E-state index in [1.165, 1.54) is 0 Å². The van der Waals surface area contributed by atoms with Gasteiger partial charge >= 0.3 is 0 Å². The number of fused-ring (bicyclic) bond motifs is 3. The van der Waals surface area contributed by atoms with Crippen LogP contribution in [-0.4, -0.2) is 31.1 Å². The third-order valence-electron chi connectivity index (χ3n) is 3.64. The van der Waals surface area contributed by atoms with Crippen molar-refractivity contribution < 1.29 is 9.53 Å². The summed E-state index contributed by atoms with van der Waals surface area (Å²) in [4.78, 5) is 15.2. The van der Waals surface area contributed by atoms with E-state index in [-0.39, 0.29) is 5.91 Å². The number of hydrogen-bond donors (Lipinski definition) is 3. The van der Waals surface area contributed by atoms with Gasteiger partial charge in [-0.1, -0.05) is 11.6 Å². The molecule has 0 bridgehead atoms. The molecule has 0 spiro atoms. The first-order chi connectivity index (χ1) is 9.67. The first-order valence-corrected chi connectivity index (χ1v) is 6.96. The van der Waals surface area contributed by atoms with Gasteiger partial charge in [-0.2, -0.15) is 0 Å². The Morgan fingerprint density at radius 1 is 1.60 bits per heavy atom. The maximum absolute atomic E-state index is 12.0. The number of carbonyl (C=O) groups excluding carboxylic acids is 1. The lowest BCUT2D eigenvalue weighted by Crippen LogP contribution is -2.20. The Hall–Kier alpha value is -1.72. The topological polar surface area (TPSA) is 80.1 Å². The van der Waals surface area contributed by atoms with Gasteiger partial charge in [0.2, 0.25) is 0 Å². The molecule has 1 aromatic carbocycles. The molecule has 0 saturated heterocycles. The standard InChI is InChI=1S/C14H16ClN3O2/c1-17-14(19)12-7(2-4-16)11-8-3-5-20-13(8)9(15)6-10(11)18-12/h6,18H,2-5,16H2,1H3,(H,17,19). The van der Waals surface area contributed by atoms with Crippen molar-refractivity contribution >= 4 is 28.4 Å². The van der Waals surface area contributed by atoms with Crippen LogP contribution in [-0.2, 0) is 12.8 Å². The number of ether oxygens (including phenoxy) is 1. The van der Waals surface area contributed by atoms with Crippen molar-refractivity contribution in [1.82, 2.24) is 10.3 Å². The zero-order valence-electron chi connectivity index (χ0n) is 11.2. The maximum Gasteiger partial charge on any atom is 0.267 e. The van der Waals surface area contributed by atoms with Crippen LogP contribution < -0.4 is 15.8 Å². The van der Waals surface area contributed by atoms with E-state index in [1.54, 1.807) is 7.05 Å². The zero-order chi connectivity index (χ0) is 14.3. The molecule has 0 unspecified atom stereocenters. The Kier molecular flexibility index (Phi) is 3.31. The lowest BCUT2D eigenvalue weighted by atomic mass is 10.0. The third-order valence-corrected chi connectivity index (χ3v) is 3.92. The van der Waals surface area contributed by atoms with Crippen molar-refractivity contribution in [3.8, 4) is 5.75 Å². The predicted octanol–water partition coefficient (Wildman–Crippen LogP) is 1.62. The van der Waals surface area contributed by atoms with Crippen molar-refractivity contribution in [3.63, 3.8) is 0 Å². The van der Waals surface area contributed by atoms with Gasteiger partial charge < -0.3 is 20.8 Å². The van der Waals surface area contributed by atoms with Crippen LogP contribution in [0.15, 0.2) is 6.07 Å². The molecule has 1 aliphatic rings. The number of rotatable bonds is 3. The van der Waals surface area contributed by atoms with Crippen LogP contribution in [0.4, 0.5) is 0 Å². The summed E-state index contributed by atoms with van der Waals surface area (Å²) in [7, 11) is 1.61. The second kappa shape index (κ2) is 5.00. The van der Waals surface area contributed by atoms with Gasteiger partial charge in [-0.05, 0) is 24.6 Å². The number of halogens is 1. The lowest BCUT2D eigenvalue weighted by molar-refractivity contribution is 0.0958. The molecule has 0 atom stereocenters. The quantitative estimate of drug-likeness (QED) is 0.804. The highest BCUT2D eigenvalue weighted by molar-refractivity contribution is 6.33. The van der Waals surface area contributed by atoms with Crippen LogP contribution in [0, 0.1) is 0 Å². The molecule has 4 N–H and O–H groups in total. The molecule has 6 heteroatoms. The van der Waals surface area contributed by atoms with Crippen LogP contribution in [0.2, 0.25) is 5.02 Å². The highest BCUT2D eigenvalue weighted by Gasteiger charge is 2.25. The first kappa shape index (κ1) is 13.3. The average Bonchev–Trinajstić information content (AvgIpc) is 3.03. The van der Waals surface area contributed by atoms with E-state index in [1.807, 2.05) is 6.07 Å². The fourth-order valence-corrected chi connectivity index (χ4v) is 3.10. The minimum Gasteiger partial charge on any atom is -0.491 e. The predicted molar refractivity (Wildman–Crippen MR) is 78.7 cm³/mol.